The molecule has 3 aromatic rings. The molecule has 0 bridgehead atoms. The molecule has 1 aliphatic heterocycles. The van der Waals surface area contributed by atoms with Crippen LogP contribution in [0.15, 0.2) is 60.8 Å². The summed E-state index contributed by atoms with van der Waals surface area (Å²) < 4.78 is 13.8. The van der Waals surface area contributed by atoms with Gasteiger partial charge in [0.15, 0.2) is 0 Å². The molecule has 0 N–H and O–H groups in total. The van der Waals surface area contributed by atoms with Gasteiger partial charge in [-0.1, -0.05) is 36.4 Å². The number of amides is 1. The zero-order valence-electron chi connectivity index (χ0n) is 14.4. The van der Waals surface area contributed by atoms with Gasteiger partial charge in [-0.2, -0.15) is 0 Å². The van der Waals surface area contributed by atoms with Crippen LogP contribution >= 0.6 is 0 Å². The molecule has 0 saturated carbocycles. The molecule has 0 aliphatic carbocycles. The molecule has 26 heavy (non-hydrogen) atoms. The number of anilines is 1. The summed E-state index contributed by atoms with van der Waals surface area (Å²) in [4.78, 5) is 21.1. The molecular weight excluding hydrogens is 329 g/mol. The number of pyridine rings is 1. The van der Waals surface area contributed by atoms with Crippen molar-refractivity contribution in [2.24, 2.45) is 0 Å². The standard InChI is InChI=1S/C21H20FN3O/c22-18-8-2-1-5-17(18)15-20(26)25-13-11-24(12-14-25)19-9-3-6-16-7-4-10-23-21(16)19/h1-10H,11-15H2. The third-order valence-electron chi connectivity index (χ3n) is 4.88. The van der Waals surface area contributed by atoms with E-state index in [1.54, 1.807) is 24.4 Å². The molecule has 0 unspecified atom stereocenters. The Kier molecular flexibility index (Phi) is 4.52. The number of hydrogen-bond donors (Lipinski definition) is 0. The molecule has 0 radical (unpaired) electrons. The summed E-state index contributed by atoms with van der Waals surface area (Å²) >= 11 is 0. The van der Waals surface area contributed by atoms with Crippen LogP contribution in [0.3, 0.4) is 0 Å². The second kappa shape index (κ2) is 7.12. The van der Waals surface area contributed by atoms with Crippen LogP contribution in [-0.4, -0.2) is 42.0 Å². The summed E-state index contributed by atoms with van der Waals surface area (Å²) in [5, 5.41) is 1.11. The van der Waals surface area contributed by atoms with Gasteiger partial charge >= 0.3 is 0 Å². The summed E-state index contributed by atoms with van der Waals surface area (Å²) in [5.41, 5.74) is 2.55. The maximum absolute atomic E-state index is 13.8. The van der Waals surface area contributed by atoms with Gasteiger partial charge in [-0.3, -0.25) is 9.78 Å². The number of hydrogen-bond acceptors (Lipinski definition) is 3. The number of para-hydroxylation sites is 1. The maximum Gasteiger partial charge on any atom is 0.227 e. The summed E-state index contributed by atoms with van der Waals surface area (Å²) in [5.74, 6) is -0.341. The molecule has 1 aliphatic rings. The first-order valence-electron chi connectivity index (χ1n) is 8.82. The van der Waals surface area contributed by atoms with Crippen LogP contribution in [0.5, 0.6) is 0 Å². The summed E-state index contributed by atoms with van der Waals surface area (Å²) in [6.07, 6.45) is 1.92. The SMILES string of the molecule is O=C(Cc1ccccc1F)N1CCN(c2cccc3cccnc23)CC1. The van der Waals surface area contributed by atoms with Crippen molar-refractivity contribution in [3.63, 3.8) is 0 Å². The number of benzene rings is 2. The number of aromatic nitrogens is 1. The van der Waals surface area contributed by atoms with E-state index in [0.717, 1.165) is 29.7 Å². The smallest absolute Gasteiger partial charge is 0.227 e. The lowest BCUT2D eigenvalue weighted by molar-refractivity contribution is -0.130. The van der Waals surface area contributed by atoms with Crippen LogP contribution in [0.1, 0.15) is 5.56 Å². The fraction of sp³-hybridized carbons (Fsp3) is 0.238. The van der Waals surface area contributed by atoms with Crippen molar-refractivity contribution in [2.75, 3.05) is 31.1 Å². The van der Waals surface area contributed by atoms with E-state index in [1.165, 1.54) is 6.07 Å². The third-order valence-corrected chi connectivity index (χ3v) is 4.88. The van der Waals surface area contributed by atoms with Crippen molar-refractivity contribution in [1.82, 2.24) is 9.88 Å². The van der Waals surface area contributed by atoms with E-state index in [9.17, 15) is 9.18 Å². The molecule has 5 heteroatoms. The van der Waals surface area contributed by atoms with Gasteiger partial charge in [-0.15, -0.1) is 0 Å². The Balaban J connectivity index is 1.44. The van der Waals surface area contributed by atoms with E-state index in [0.29, 0.717) is 18.7 Å². The molecule has 0 spiro atoms. The van der Waals surface area contributed by atoms with Crippen LogP contribution < -0.4 is 4.90 Å². The normalized spacial score (nSPS) is 14.7. The van der Waals surface area contributed by atoms with E-state index in [-0.39, 0.29) is 18.1 Å². The predicted octanol–water partition coefficient (Wildman–Crippen LogP) is 3.27. The number of nitrogens with zero attached hydrogens (tertiary/aromatic N) is 3. The highest BCUT2D eigenvalue weighted by Crippen LogP contribution is 2.25. The highest BCUT2D eigenvalue weighted by atomic mass is 19.1. The van der Waals surface area contributed by atoms with Crippen LogP contribution in [0.4, 0.5) is 10.1 Å². The maximum atomic E-state index is 13.8. The topological polar surface area (TPSA) is 36.4 Å². The molecule has 4 rings (SSSR count). The van der Waals surface area contributed by atoms with E-state index >= 15 is 0 Å². The Labute approximate surface area is 151 Å². The number of rotatable bonds is 3. The summed E-state index contributed by atoms with van der Waals surface area (Å²) in [6, 6.07) is 16.6. The molecule has 2 heterocycles. The average molecular weight is 349 g/mol. The first-order chi connectivity index (χ1) is 12.7. The van der Waals surface area contributed by atoms with E-state index in [2.05, 4.69) is 28.1 Å². The molecule has 2 aromatic carbocycles. The third kappa shape index (κ3) is 3.25. The number of carbonyl (C=O) groups is 1. The highest BCUT2D eigenvalue weighted by Gasteiger charge is 2.23. The molecule has 1 fully saturated rings. The first-order valence-corrected chi connectivity index (χ1v) is 8.82. The summed E-state index contributed by atoms with van der Waals surface area (Å²) in [6.45, 7) is 2.77. The van der Waals surface area contributed by atoms with E-state index < -0.39 is 0 Å². The minimum Gasteiger partial charge on any atom is -0.366 e. The fourth-order valence-electron chi connectivity index (χ4n) is 3.46. The van der Waals surface area contributed by atoms with Gasteiger partial charge in [0, 0.05) is 37.8 Å². The van der Waals surface area contributed by atoms with Crippen LogP contribution in [0.25, 0.3) is 10.9 Å². The van der Waals surface area contributed by atoms with Crippen molar-refractivity contribution >= 4 is 22.5 Å². The average Bonchev–Trinajstić information content (AvgIpc) is 2.69. The molecular formula is C21H20FN3O. The minimum absolute atomic E-state index is 0.0224. The van der Waals surface area contributed by atoms with Crippen molar-refractivity contribution in [3.8, 4) is 0 Å². The predicted molar refractivity (Wildman–Crippen MR) is 101 cm³/mol. The largest absolute Gasteiger partial charge is 0.366 e. The molecule has 1 saturated heterocycles. The number of carbonyl (C=O) groups excluding carboxylic acids is 1. The van der Waals surface area contributed by atoms with Gasteiger partial charge in [-0.05, 0) is 23.8 Å². The van der Waals surface area contributed by atoms with Crippen molar-refractivity contribution in [1.29, 1.82) is 0 Å². The molecule has 132 valence electrons. The highest BCUT2D eigenvalue weighted by molar-refractivity contribution is 5.90. The van der Waals surface area contributed by atoms with Gasteiger partial charge in [0.05, 0.1) is 17.6 Å². The van der Waals surface area contributed by atoms with Gasteiger partial charge < -0.3 is 9.80 Å². The number of halogens is 1. The monoisotopic (exact) mass is 349 g/mol. The Bertz CT molecular complexity index is 930. The lowest BCUT2D eigenvalue weighted by atomic mass is 10.1. The number of fused-ring (bicyclic) bond motifs is 1. The quantitative estimate of drug-likeness (QED) is 0.728. The van der Waals surface area contributed by atoms with Crippen molar-refractivity contribution < 1.29 is 9.18 Å². The molecule has 4 nitrogen and oxygen atoms in total. The number of piperazine rings is 1. The van der Waals surface area contributed by atoms with E-state index in [4.69, 9.17) is 0 Å². The zero-order chi connectivity index (χ0) is 17.9. The van der Waals surface area contributed by atoms with E-state index in [1.807, 2.05) is 17.0 Å². The second-order valence-corrected chi connectivity index (χ2v) is 6.49. The Hall–Kier alpha value is -2.95. The van der Waals surface area contributed by atoms with Crippen LogP contribution in [0.2, 0.25) is 0 Å². The van der Waals surface area contributed by atoms with Gasteiger partial charge in [-0.25, -0.2) is 4.39 Å². The van der Waals surface area contributed by atoms with Gasteiger partial charge in [0.25, 0.3) is 0 Å². The Morgan fingerprint density at radius 1 is 0.962 bits per heavy atom. The van der Waals surface area contributed by atoms with Crippen molar-refractivity contribution in [3.05, 3.63) is 72.2 Å². The van der Waals surface area contributed by atoms with Crippen LogP contribution in [0, 0.1) is 5.82 Å². The second-order valence-electron chi connectivity index (χ2n) is 6.49. The fourth-order valence-corrected chi connectivity index (χ4v) is 3.46. The Morgan fingerprint density at radius 2 is 1.73 bits per heavy atom. The van der Waals surface area contributed by atoms with Crippen LogP contribution in [-0.2, 0) is 11.2 Å². The molecule has 1 aromatic heterocycles. The zero-order valence-corrected chi connectivity index (χ0v) is 14.4. The Morgan fingerprint density at radius 3 is 2.54 bits per heavy atom. The molecule has 0 atom stereocenters. The van der Waals surface area contributed by atoms with Gasteiger partial charge in [0.1, 0.15) is 5.82 Å². The lowest BCUT2D eigenvalue weighted by Gasteiger charge is -2.36. The van der Waals surface area contributed by atoms with Gasteiger partial charge in [0.2, 0.25) is 5.91 Å². The van der Waals surface area contributed by atoms with Crippen molar-refractivity contribution in [2.45, 2.75) is 6.42 Å². The lowest BCUT2D eigenvalue weighted by Crippen LogP contribution is -2.49. The first kappa shape index (κ1) is 16.5. The molecule has 1 amide bonds. The minimum atomic E-state index is -0.318. The summed E-state index contributed by atoms with van der Waals surface area (Å²) in [7, 11) is 0.